The Balaban J connectivity index is 2.04. The number of hydrogen-bond acceptors (Lipinski definition) is 4. The van der Waals surface area contributed by atoms with Gasteiger partial charge in [0.15, 0.2) is 0 Å². The van der Waals surface area contributed by atoms with E-state index in [1.165, 1.54) is 5.56 Å². The van der Waals surface area contributed by atoms with Crippen LogP contribution in [-0.2, 0) is 0 Å². The molecule has 1 aromatic heterocycles. The molecule has 1 unspecified atom stereocenters. The third kappa shape index (κ3) is 2.81. The molecule has 0 amide bonds. The number of rotatable bonds is 4. The first-order valence-electron chi connectivity index (χ1n) is 7.25. The van der Waals surface area contributed by atoms with Crippen LogP contribution in [0.5, 0.6) is 0 Å². The third-order valence-corrected chi connectivity index (χ3v) is 3.72. The number of aromatic nitrogens is 1. The summed E-state index contributed by atoms with van der Waals surface area (Å²) >= 11 is 0. The zero-order chi connectivity index (χ0) is 15.5. The summed E-state index contributed by atoms with van der Waals surface area (Å²) in [6.45, 7) is 3.98. The smallest absolute Gasteiger partial charge is 0.227 e. The second kappa shape index (κ2) is 5.93. The van der Waals surface area contributed by atoms with Gasteiger partial charge in [-0.05, 0) is 31.5 Å². The largest absolute Gasteiger partial charge is 0.374 e. The highest BCUT2D eigenvalue weighted by Gasteiger charge is 2.23. The molecule has 0 spiro atoms. The molecular weight excluding hydrogens is 274 g/mol. The van der Waals surface area contributed by atoms with Crippen LogP contribution in [0, 0.1) is 13.8 Å². The SMILES string of the molecule is Cc1ccc(C(Nc2ccccc2)c2c(C)noc2N)cc1. The van der Waals surface area contributed by atoms with Gasteiger partial charge in [0, 0.05) is 5.69 Å². The van der Waals surface area contributed by atoms with Crippen molar-refractivity contribution in [1.29, 1.82) is 0 Å². The van der Waals surface area contributed by atoms with Crippen LogP contribution in [0.4, 0.5) is 11.6 Å². The summed E-state index contributed by atoms with van der Waals surface area (Å²) in [6.07, 6.45) is 0. The predicted octanol–water partition coefficient (Wildman–Crippen LogP) is 4.08. The minimum absolute atomic E-state index is 0.103. The molecule has 1 heterocycles. The van der Waals surface area contributed by atoms with E-state index in [1.807, 2.05) is 37.3 Å². The molecule has 22 heavy (non-hydrogen) atoms. The van der Waals surface area contributed by atoms with Crippen molar-refractivity contribution in [2.24, 2.45) is 0 Å². The number of anilines is 2. The Morgan fingerprint density at radius 3 is 2.27 bits per heavy atom. The van der Waals surface area contributed by atoms with E-state index in [-0.39, 0.29) is 6.04 Å². The lowest BCUT2D eigenvalue weighted by molar-refractivity contribution is 0.431. The summed E-state index contributed by atoms with van der Waals surface area (Å²) in [6, 6.07) is 18.3. The number of hydrogen-bond donors (Lipinski definition) is 2. The summed E-state index contributed by atoms with van der Waals surface area (Å²) < 4.78 is 5.15. The van der Waals surface area contributed by atoms with Crippen LogP contribution in [0.3, 0.4) is 0 Å². The lowest BCUT2D eigenvalue weighted by Crippen LogP contribution is -2.14. The molecule has 0 aliphatic heterocycles. The van der Waals surface area contributed by atoms with Crippen molar-refractivity contribution >= 4 is 11.6 Å². The van der Waals surface area contributed by atoms with Gasteiger partial charge in [-0.15, -0.1) is 0 Å². The van der Waals surface area contributed by atoms with E-state index in [9.17, 15) is 0 Å². The fourth-order valence-corrected chi connectivity index (χ4v) is 2.53. The minimum atomic E-state index is -0.103. The van der Waals surface area contributed by atoms with Crippen molar-refractivity contribution in [1.82, 2.24) is 5.16 Å². The molecule has 1 atom stereocenters. The Hall–Kier alpha value is -2.75. The van der Waals surface area contributed by atoms with Gasteiger partial charge < -0.3 is 15.6 Å². The molecule has 0 bridgehead atoms. The van der Waals surface area contributed by atoms with Crippen molar-refractivity contribution in [2.75, 3.05) is 11.1 Å². The van der Waals surface area contributed by atoms with Gasteiger partial charge in [-0.1, -0.05) is 53.2 Å². The van der Waals surface area contributed by atoms with Gasteiger partial charge in [0.1, 0.15) is 0 Å². The number of nitrogen functional groups attached to an aromatic ring is 1. The van der Waals surface area contributed by atoms with E-state index >= 15 is 0 Å². The van der Waals surface area contributed by atoms with Crippen molar-refractivity contribution in [2.45, 2.75) is 19.9 Å². The number of benzene rings is 2. The average molecular weight is 293 g/mol. The van der Waals surface area contributed by atoms with Gasteiger partial charge in [0.25, 0.3) is 0 Å². The van der Waals surface area contributed by atoms with Gasteiger partial charge in [0.05, 0.1) is 17.3 Å². The maximum atomic E-state index is 5.99. The molecule has 2 aromatic carbocycles. The molecule has 4 heteroatoms. The normalized spacial score (nSPS) is 12.1. The highest BCUT2D eigenvalue weighted by atomic mass is 16.5. The van der Waals surface area contributed by atoms with E-state index in [4.69, 9.17) is 10.3 Å². The number of nitrogens with two attached hydrogens (primary N) is 1. The number of aryl methyl sites for hydroxylation is 2. The maximum Gasteiger partial charge on any atom is 0.227 e. The van der Waals surface area contributed by atoms with E-state index < -0.39 is 0 Å². The van der Waals surface area contributed by atoms with Crippen LogP contribution < -0.4 is 11.1 Å². The topological polar surface area (TPSA) is 64.1 Å². The van der Waals surface area contributed by atoms with Gasteiger partial charge in [-0.2, -0.15) is 0 Å². The molecule has 3 aromatic rings. The van der Waals surface area contributed by atoms with E-state index in [2.05, 4.69) is 41.7 Å². The van der Waals surface area contributed by atoms with Crippen LogP contribution >= 0.6 is 0 Å². The van der Waals surface area contributed by atoms with Crippen LogP contribution in [0.15, 0.2) is 59.1 Å². The molecule has 0 aliphatic rings. The summed E-state index contributed by atoms with van der Waals surface area (Å²) in [7, 11) is 0. The zero-order valence-corrected chi connectivity index (χ0v) is 12.7. The molecule has 4 nitrogen and oxygen atoms in total. The Labute approximate surface area is 129 Å². The molecule has 3 N–H and O–H groups in total. The monoisotopic (exact) mass is 293 g/mol. The fraction of sp³-hybridized carbons (Fsp3) is 0.167. The highest BCUT2D eigenvalue weighted by molar-refractivity contribution is 5.54. The lowest BCUT2D eigenvalue weighted by atomic mass is 9.97. The molecule has 0 saturated heterocycles. The Kier molecular flexibility index (Phi) is 3.83. The average Bonchev–Trinajstić information content (AvgIpc) is 2.86. The second-order valence-corrected chi connectivity index (χ2v) is 5.40. The van der Waals surface area contributed by atoms with Gasteiger partial charge in [-0.25, -0.2) is 0 Å². The summed E-state index contributed by atoms with van der Waals surface area (Å²) in [4.78, 5) is 0. The van der Waals surface area contributed by atoms with Crippen molar-refractivity contribution < 1.29 is 4.52 Å². The highest BCUT2D eigenvalue weighted by Crippen LogP contribution is 2.32. The molecule has 0 saturated carbocycles. The fourth-order valence-electron chi connectivity index (χ4n) is 2.53. The van der Waals surface area contributed by atoms with E-state index in [1.54, 1.807) is 0 Å². The lowest BCUT2D eigenvalue weighted by Gasteiger charge is -2.20. The third-order valence-electron chi connectivity index (χ3n) is 3.72. The van der Waals surface area contributed by atoms with Crippen LogP contribution in [0.2, 0.25) is 0 Å². The van der Waals surface area contributed by atoms with Crippen molar-refractivity contribution in [3.63, 3.8) is 0 Å². The molecule has 0 radical (unpaired) electrons. The quantitative estimate of drug-likeness (QED) is 0.761. The van der Waals surface area contributed by atoms with Gasteiger partial charge in [0.2, 0.25) is 5.88 Å². The van der Waals surface area contributed by atoms with E-state index in [0.29, 0.717) is 5.88 Å². The summed E-state index contributed by atoms with van der Waals surface area (Å²) in [5, 5.41) is 7.50. The molecule has 112 valence electrons. The summed E-state index contributed by atoms with van der Waals surface area (Å²) in [5.74, 6) is 0.353. The first-order valence-corrected chi connectivity index (χ1v) is 7.25. The van der Waals surface area contributed by atoms with Crippen LogP contribution in [0.25, 0.3) is 0 Å². The molecule has 3 rings (SSSR count). The second-order valence-electron chi connectivity index (χ2n) is 5.40. The van der Waals surface area contributed by atoms with Crippen molar-refractivity contribution in [3.8, 4) is 0 Å². The van der Waals surface area contributed by atoms with Crippen molar-refractivity contribution in [3.05, 3.63) is 77.0 Å². The summed E-state index contributed by atoms with van der Waals surface area (Å²) in [5.41, 5.74) is 11.0. The van der Waals surface area contributed by atoms with Crippen LogP contribution in [-0.4, -0.2) is 5.16 Å². The Morgan fingerprint density at radius 1 is 1.00 bits per heavy atom. The maximum absolute atomic E-state index is 5.99. The zero-order valence-electron chi connectivity index (χ0n) is 12.7. The Morgan fingerprint density at radius 2 is 1.68 bits per heavy atom. The molecule has 0 fully saturated rings. The van der Waals surface area contributed by atoms with Crippen LogP contribution in [0.1, 0.15) is 28.4 Å². The predicted molar refractivity (Wildman–Crippen MR) is 88.7 cm³/mol. The Bertz CT molecular complexity index is 728. The molecule has 0 aliphatic carbocycles. The van der Waals surface area contributed by atoms with E-state index in [0.717, 1.165) is 22.5 Å². The number of nitrogens with zero attached hydrogens (tertiary/aromatic N) is 1. The van der Waals surface area contributed by atoms with Gasteiger partial charge in [-0.3, -0.25) is 0 Å². The molecular formula is C18H19N3O. The van der Waals surface area contributed by atoms with Gasteiger partial charge >= 0.3 is 0 Å². The standard InChI is InChI=1S/C18H19N3O/c1-12-8-10-14(11-9-12)17(16-13(2)21-22-18(16)19)20-15-6-4-3-5-7-15/h3-11,17,20H,19H2,1-2H3. The first kappa shape index (κ1) is 14.2. The number of nitrogens with one attached hydrogen (secondary N) is 1. The number of para-hydroxylation sites is 1. The first-order chi connectivity index (χ1) is 10.6. The minimum Gasteiger partial charge on any atom is -0.374 e.